The molecule has 1 amide bonds. The van der Waals surface area contributed by atoms with Crippen molar-refractivity contribution in [3.63, 3.8) is 0 Å². The van der Waals surface area contributed by atoms with Crippen LogP contribution in [0.2, 0.25) is 5.02 Å². The van der Waals surface area contributed by atoms with Crippen LogP contribution in [0.4, 0.5) is 53.3 Å². The zero-order valence-corrected chi connectivity index (χ0v) is 18.6. The number of rotatable bonds is 4. The quantitative estimate of drug-likeness (QED) is 0.326. The number of esters is 1. The summed E-state index contributed by atoms with van der Waals surface area (Å²) in [5.41, 5.74) is -7.81. The second-order valence-corrected chi connectivity index (χ2v) is 8.65. The number of alkyl halides is 11. The van der Waals surface area contributed by atoms with E-state index in [2.05, 4.69) is 4.74 Å². The number of thiophene rings is 1. The lowest BCUT2D eigenvalue weighted by Crippen LogP contribution is -2.86. The number of ether oxygens (including phenoxy) is 1. The van der Waals surface area contributed by atoms with Crippen molar-refractivity contribution in [2.24, 2.45) is 0 Å². The molecule has 0 spiro atoms. The zero-order chi connectivity index (χ0) is 27.7. The van der Waals surface area contributed by atoms with Crippen LogP contribution < -0.4 is 5.32 Å². The number of carbonyl (C=O) groups is 2. The fourth-order valence-electron chi connectivity index (χ4n) is 3.29. The molecule has 17 heteroatoms. The van der Waals surface area contributed by atoms with Crippen molar-refractivity contribution < 1.29 is 62.6 Å². The molecule has 1 aromatic carbocycles. The highest BCUT2D eigenvalue weighted by Crippen LogP contribution is 2.69. The molecule has 198 valence electrons. The van der Waals surface area contributed by atoms with E-state index in [9.17, 15) is 57.9 Å². The first kappa shape index (κ1) is 28.0. The molecule has 0 atom stereocenters. The van der Waals surface area contributed by atoms with Crippen LogP contribution in [0.3, 0.4) is 0 Å². The molecule has 1 heterocycles. The molecule has 4 nitrogen and oxygen atoms in total. The molecule has 0 saturated heterocycles. The average molecular weight is 576 g/mol. The van der Waals surface area contributed by atoms with E-state index in [1.807, 2.05) is 0 Å². The van der Waals surface area contributed by atoms with E-state index in [1.165, 1.54) is 24.3 Å². The Morgan fingerprint density at radius 2 is 1.25 bits per heavy atom. The Kier molecular flexibility index (Phi) is 6.36. The molecule has 1 fully saturated rings. The number of nitrogens with one attached hydrogen (secondary N) is 1. The number of anilines is 1. The largest absolute Gasteiger partial charge is 0.465 e. The summed E-state index contributed by atoms with van der Waals surface area (Å²) in [6.07, 6.45) is 0. The molecule has 1 aliphatic carbocycles. The fraction of sp³-hybridized carbons (Fsp3) is 0.368. The Labute approximate surface area is 202 Å². The minimum atomic E-state index is -7.47. The number of halogens is 12. The maximum Gasteiger partial charge on any atom is 0.384 e. The van der Waals surface area contributed by atoms with Crippen molar-refractivity contribution in [1.29, 1.82) is 0 Å². The summed E-state index contributed by atoms with van der Waals surface area (Å²) in [6.45, 7) is 0. The van der Waals surface area contributed by atoms with Gasteiger partial charge in [0.05, 0.1) is 7.11 Å². The molecular formula is C19H9ClF11NO3S. The van der Waals surface area contributed by atoms with Crippen molar-refractivity contribution in [3.05, 3.63) is 40.2 Å². The van der Waals surface area contributed by atoms with Gasteiger partial charge in [-0.3, -0.25) is 4.79 Å². The van der Waals surface area contributed by atoms with Crippen LogP contribution in [0.5, 0.6) is 0 Å². The average Bonchev–Trinajstić information content (AvgIpc) is 3.20. The maximum absolute atomic E-state index is 15.0. The summed E-state index contributed by atoms with van der Waals surface area (Å²) < 4.78 is 158. The van der Waals surface area contributed by atoms with Crippen LogP contribution >= 0.6 is 22.9 Å². The van der Waals surface area contributed by atoms with Gasteiger partial charge in [-0.25, -0.2) is 9.18 Å². The van der Waals surface area contributed by atoms with Gasteiger partial charge in [0.2, 0.25) is 0 Å². The van der Waals surface area contributed by atoms with Gasteiger partial charge in [0.1, 0.15) is 10.6 Å². The number of amides is 1. The van der Waals surface area contributed by atoms with Crippen molar-refractivity contribution in [2.75, 3.05) is 12.4 Å². The first-order chi connectivity index (χ1) is 16.2. The molecule has 0 unspecified atom stereocenters. The van der Waals surface area contributed by atoms with Crippen LogP contribution in [0, 0.1) is 0 Å². The molecule has 0 bridgehead atoms. The minimum Gasteiger partial charge on any atom is -0.465 e. The highest BCUT2D eigenvalue weighted by molar-refractivity contribution is 7.15. The minimum absolute atomic E-state index is 0.109. The third kappa shape index (κ3) is 3.25. The fourth-order valence-corrected chi connectivity index (χ4v) is 4.37. The summed E-state index contributed by atoms with van der Waals surface area (Å²) in [6, 6.07) is 5.12. The van der Waals surface area contributed by atoms with Crippen LogP contribution in [-0.4, -0.2) is 54.3 Å². The molecule has 0 aliphatic heterocycles. The Hall–Kier alpha value is -2.62. The molecule has 1 aliphatic rings. The van der Waals surface area contributed by atoms with Gasteiger partial charge in [0.15, 0.2) is 0 Å². The highest BCUT2D eigenvalue weighted by Gasteiger charge is 3.02. The highest BCUT2D eigenvalue weighted by atomic mass is 35.5. The first-order valence-electron chi connectivity index (χ1n) is 9.09. The van der Waals surface area contributed by atoms with E-state index in [4.69, 9.17) is 11.6 Å². The molecule has 2 aromatic rings. The van der Waals surface area contributed by atoms with Crippen LogP contribution in [-0.2, 0) is 9.53 Å². The number of hydrogen-bond acceptors (Lipinski definition) is 4. The molecule has 1 saturated carbocycles. The number of benzene rings is 1. The molecule has 3 rings (SSSR count). The summed E-state index contributed by atoms with van der Waals surface area (Å²) in [7, 11) is 0.764. The van der Waals surface area contributed by atoms with Crippen molar-refractivity contribution in [3.8, 4) is 11.1 Å². The third-order valence-electron chi connectivity index (χ3n) is 5.32. The normalized spacial score (nSPS) is 22.5. The van der Waals surface area contributed by atoms with Gasteiger partial charge < -0.3 is 10.1 Å². The Balaban J connectivity index is 2.17. The molecule has 1 N–H and O–H groups in total. The second-order valence-electron chi connectivity index (χ2n) is 7.34. The van der Waals surface area contributed by atoms with Crippen LogP contribution in [0.1, 0.15) is 10.4 Å². The number of hydrogen-bond donors (Lipinski definition) is 1. The molecule has 36 heavy (non-hydrogen) atoms. The Morgan fingerprint density at radius 1 is 0.806 bits per heavy atom. The molecular weight excluding hydrogens is 567 g/mol. The van der Waals surface area contributed by atoms with E-state index in [0.717, 1.165) is 17.8 Å². The Bertz CT molecular complexity index is 1180. The van der Waals surface area contributed by atoms with E-state index >= 15 is 0 Å². The monoisotopic (exact) mass is 575 g/mol. The standard InChI is InChI=1S/C19H9ClF11NO3S/c1-35-12(33)10-9(7-2-4-8(20)5-3-7)6-36-11(10)32-13(34)14(21)15(22,23)17(26,27)19(30,31)18(28,29)16(14,24)25/h2-6H,1H3,(H,32,34). The SMILES string of the molecule is COC(=O)c1c(-c2ccc(Cl)cc2)csc1NC(=O)C1(F)C(F)(F)C(F)(F)C(F)(F)C(F)(F)C1(F)F. The predicted molar refractivity (Wildman–Crippen MR) is 103 cm³/mol. The summed E-state index contributed by atoms with van der Waals surface area (Å²) in [5, 5.41) is 1.05. The molecule has 1 aromatic heterocycles. The Morgan fingerprint density at radius 3 is 1.69 bits per heavy atom. The third-order valence-corrected chi connectivity index (χ3v) is 6.47. The number of carbonyl (C=O) groups excluding carboxylic acids is 2. The van der Waals surface area contributed by atoms with Gasteiger partial charge >= 0.3 is 41.3 Å². The lowest BCUT2D eigenvalue weighted by atomic mass is 9.71. The smallest absolute Gasteiger partial charge is 0.384 e. The summed E-state index contributed by atoms with van der Waals surface area (Å²) in [4.78, 5) is 24.5. The summed E-state index contributed by atoms with van der Waals surface area (Å²) >= 11 is 5.88. The van der Waals surface area contributed by atoms with Crippen LogP contribution in [0.25, 0.3) is 11.1 Å². The lowest BCUT2D eigenvalue weighted by molar-refractivity contribution is -0.475. The van der Waals surface area contributed by atoms with Gasteiger partial charge in [-0.05, 0) is 17.7 Å². The predicted octanol–water partition coefficient (Wildman–Crippen LogP) is 6.69. The topological polar surface area (TPSA) is 55.4 Å². The maximum atomic E-state index is 15.0. The summed E-state index contributed by atoms with van der Waals surface area (Å²) in [5.74, 6) is -42.0. The van der Waals surface area contributed by atoms with E-state index < -0.39 is 57.7 Å². The van der Waals surface area contributed by atoms with E-state index in [-0.39, 0.29) is 27.5 Å². The lowest BCUT2D eigenvalue weighted by Gasteiger charge is -2.51. The molecule has 0 radical (unpaired) electrons. The number of methoxy groups -OCH3 is 1. The van der Waals surface area contributed by atoms with Crippen molar-refractivity contribution in [2.45, 2.75) is 35.3 Å². The van der Waals surface area contributed by atoms with Gasteiger partial charge in [-0.1, -0.05) is 23.7 Å². The van der Waals surface area contributed by atoms with Gasteiger partial charge in [-0.15, -0.1) is 11.3 Å². The van der Waals surface area contributed by atoms with Crippen molar-refractivity contribution >= 4 is 39.8 Å². The zero-order valence-electron chi connectivity index (χ0n) is 17.1. The van der Waals surface area contributed by atoms with E-state index in [0.29, 0.717) is 0 Å². The van der Waals surface area contributed by atoms with Gasteiger partial charge in [0.25, 0.3) is 5.91 Å². The van der Waals surface area contributed by atoms with Crippen LogP contribution in [0.15, 0.2) is 29.6 Å². The van der Waals surface area contributed by atoms with Gasteiger partial charge in [-0.2, -0.15) is 43.9 Å². The van der Waals surface area contributed by atoms with E-state index in [1.54, 1.807) is 0 Å². The van der Waals surface area contributed by atoms with Crippen molar-refractivity contribution in [1.82, 2.24) is 0 Å². The second kappa shape index (κ2) is 8.19. The van der Waals surface area contributed by atoms with Gasteiger partial charge in [0, 0.05) is 16.0 Å². The first-order valence-corrected chi connectivity index (χ1v) is 10.3.